The third-order valence-corrected chi connectivity index (χ3v) is 6.02. The molecule has 1 N–H and O–H groups in total. The summed E-state index contributed by atoms with van der Waals surface area (Å²) in [5, 5.41) is 3.47. The number of hydrogen-bond donors (Lipinski definition) is 1. The number of nitrogens with one attached hydrogen (secondary N) is 1. The van der Waals surface area contributed by atoms with Crippen LogP contribution in [0.2, 0.25) is 0 Å². The van der Waals surface area contributed by atoms with Crippen molar-refractivity contribution in [1.29, 1.82) is 0 Å². The molecule has 2 aliphatic heterocycles. The molecule has 3 unspecified atom stereocenters. The van der Waals surface area contributed by atoms with Crippen molar-refractivity contribution in [3.05, 3.63) is 35.6 Å². The van der Waals surface area contributed by atoms with E-state index >= 15 is 0 Å². The van der Waals surface area contributed by atoms with Crippen LogP contribution in [0.5, 0.6) is 0 Å². The largest absolute Gasteiger partial charge is 0.367 e. The average molecular weight is 389 g/mol. The fourth-order valence-electron chi connectivity index (χ4n) is 4.41. The SMILES string of the molecule is CCNC(=NCC1CCN(C2CC2)C1)N1CC(C)OC(c2ccc(F)cc2)C1. The van der Waals surface area contributed by atoms with E-state index in [4.69, 9.17) is 9.73 Å². The quantitative estimate of drug-likeness (QED) is 0.622. The monoisotopic (exact) mass is 388 g/mol. The van der Waals surface area contributed by atoms with E-state index < -0.39 is 0 Å². The van der Waals surface area contributed by atoms with Crippen LogP contribution >= 0.6 is 0 Å². The summed E-state index contributed by atoms with van der Waals surface area (Å²) in [4.78, 5) is 9.95. The first-order chi connectivity index (χ1) is 13.6. The summed E-state index contributed by atoms with van der Waals surface area (Å²) >= 11 is 0. The number of morpholine rings is 1. The van der Waals surface area contributed by atoms with Gasteiger partial charge in [0.25, 0.3) is 0 Å². The Balaban J connectivity index is 1.41. The van der Waals surface area contributed by atoms with Gasteiger partial charge in [0.05, 0.1) is 12.6 Å². The summed E-state index contributed by atoms with van der Waals surface area (Å²) in [7, 11) is 0. The minimum absolute atomic E-state index is 0.0648. The van der Waals surface area contributed by atoms with Gasteiger partial charge in [-0.3, -0.25) is 4.99 Å². The van der Waals surface area contributed by atoms with Gasteiger partial charge < -0.3 is 19.9 Å². The van der Waals surface area contributed by atoms with Crippen LogP contribution in [0.15, 0.2) is 29.3 Å². The molecule has 2 heterocycles. The number of halogens is 1. The maximum absolute atomic E-state index is 13.3. The van der Waals surface area contributed by atoms with Gasteiger partial charge in [0.2, 0.25) is 0 Å². The highest BCUT2D eigenvalue weighted by Crippen LogP contribution is 2.32. The van der Waals surface area contributed by atoms with Gasteiger partial charge >= 0.3 is 0 Å². The van der Waals surface area contributed by atoms with Gasteiger partial charge in [-0.15, -0.1) is 0 Å². The molecule has 0 bridgehead atoms. The van der Waals surface area contributed by atoms with Gasteiger partial charge in [-0.1, -0.05) is 12.1 Å². The van der Waals surface area contributed by atoms with Crippen molar-refractivity contribution in [3.63, 3.8) is 0 Å². The fourth-order valence-corrected chi connectivity index (χ4v) is 4.41. The molecule has 4 rings (SSSR count). The highest BCUT2D eigenvalue weighted by atomic mass is 19.1. The second kappa shape index (κ2) is 8.78. The molecule has 1 aromatic carbocycles. The molecule has 0 radical (unpaired) electrons. The van der Waals surface area contributed by atoms with Crippen molar-refractivity contribution in [1.82, 2.24) is 15.1 Å². The van der Waals surface area contributed by atoms with E-state index in [1.54, 1.807) is 0 Å². The Morgan fingerprint density at radius 3 is 2.68 bits per heavy atom. The number of ether oxygens (including phenoxy) is 1. The number of guanidine groups is 1. The molecule has 3 atom stereocenters. The molecule has 154 valence electrons. The lowest BCUT2D eigenvalue weighted by Crippen LogP contribution is -2.50. The third-order valence-electron chi connectivity index (χ3n) is 6.02. The number of aliphatic imine (C=N–C) groups is 1. The zero-order valence-electron chi connectivity index (χ0n) is 17.1. The number of benzene rings is 1. The molecule has 1 saturated carbocycles. The molecular weight excluding hydrogens is 355 g/mol. The normalized spacial score (nSPS) is 29.3. The minimum atomic E-state index is -0.212. The first kappa shape index (κ1) is 19.6. The Kier molecular flexibility index (Phi) is 6.16. The predicted molar refractivity (Wildman–Crippen MR) is 110 cm³/mol. The van der Waals surface area contributed by atoms with Crippen LogP contribution < -0.4 is 5.32 Å². The summed E-state index contributed by atoms with van der Waals surface area (Å²) in [6, 6.07) is 7.52. The summed E-state index contributed by atoms with van der Waals surface area (Å²) in [6.45, 7) is 9.94. The van der Waals surface area contributed by atoms with Gasteiger partial charge in [0.15, 0.2) is 5.96 Å². The van der Waals surface area contributed by atoms with Crippen LogP contribution in [0.1, 0.15) is 44.8 Å². The Bertz CT molecular complexity index is 676. The van der Waals surface area contributed by atoms with Gasteiger partial charge in [-0.2, -0.15) is 0 Å². The maximum atomic E-state index is 13.3. The minimum Gasteiger partial charge on any atom is -0.367 e. The van der Waals surface area contributed by atoms with E-state index in [1.165, 1.54) is 44.5 Å². The zero-order valence-corrected chi connectivity index (χ0v) is 17.1. The van der Waals surface area contributed by atoms with Crippen molar-refractivity contribution in [2.75, 3.05) is 39.3 Å². The van der Waals surface area contributed by atoms with E-state index in [2.05, 4.69) is 29.0 Å². The lowest BCUT2D eigenvalue weighted by molar-refractivity contribution is -0.0605. The van der Waals surface area contributed by atoms with Crippen molar-refractivity contribution in [2.24, 2.45) is 10.9 Å². The zero-order chi connectivity index (χ0) is 19.5. The van der Waals surface area contributed by atoms with Crippen LogP contribution in [0.3, 0.4) is 0 Å². The standard InChI is InChI=1S/C22H33FN4O/c1-3-24-22(25-12-17-10-11-26(14-17)20-8-9-20)27-13-16(2)28-21(15-27)18-4-6-19(23)7-5-18/h4-7,16-17,20-21H,3,8-15H2,1-2H3,(H,24,25). The summed E-state index contributed by atoms with van der Waals surface area (Å²) < 4.78 is 19.4. The highest BCUT2D eigenvalue weighted by Gasteiger charge is 2.34. The van der Waals surface area contributed by atoms with E-state index in [0.717, 1.165) is 43.7 Å². The Morgan fingerprint density at radius 1 is 1.18 bits per heavy atom. The molecule has 28 heavy (non-hydrogen) atoms. The third kappa shape index (κ3) is 4.84. The van der Waals surface area contributed by atoms with Gasteiger partial charge in [-0.05, 0) is 63.3 Å². The van der Waals surface area contributed by atoms with Crippen LogP contribution in [0, 0.1) is 11.7 Å². The van der Waals surface area contributed by atoms with E-state index in [-0.39, 0.29) is 18.0 Å². The molecule has 0 amide bonds. The molecule has 3 aliphatic rings. The van der Waals surface area contributed by atoms with Crippen molar-refractivity contribution in [2.45, 2.75) is 51.4 Å². The topological polar surface area (TPSA) is 40.1 Å². The average Bonchev–Trinajstić information content (AvgIpc) is 3.43. The number of nitrogens with zero attached hydrogens (tertiary/aromatic N) is 3. The fraction of sp³-hybridized carbons (Fsp3) is 0.682. The van der Waals surface area contributed by atoms with Crippen LogP contribution in [0.4, 0.5) is 4.39 Å². The smallest absolute Gasteiger partial charge is 0.194 e. The molecule has 1 aliphatic carbocycles. The molecule has 0 aromatic heterocycles. The first-order valence-electron chi connectivity index (χ1n) is 10.8. The van der Waals surface area contributed by atoms with Crippen LogP contribution in [0.25, 0.3) is 0 Å². The van der Waals surface area contributed by atoms with E-state index in [1.807, 2.05) is 12.1 Å². The maximum Gasteiger partial charge on any atom is 0.194 e. The highest BCUT2D eigenvalue weighted by molar-refractivity contribution is 5.80. The second-order valence-corrected chi connectivity index (χ2v) is 8.47. The van der Waals surface area contributed by atoms with Gasteiger partial charge in [-0.25, -0.2) is 4.39 Å². The van der Waals surface area contributed by atoms with E-state index in [9.17, 15) is 4.39 Å². The molecule has 6 heteroatoms. The molecule has 3 fully saturated rings. The summed E-state index contributed by atoms with van der Waals surface area (Å²) in [6.07, 6.45) is 4.07. The molecule has 0 spiro atoms. The van der Waals surface area contributed by atoms with E-state index in [0.29, 0.717) is 5.92 Å². The Hall–Kier alpha value is -1.66. The molecule has 1 aromatic rings. The Labute approximate surface area is 167 Å². The van der Waals surface area contributed by atoms with Crippen molar-refractivity contribution >= 4 is 5.96 Å². The van der Waals surface area contributed by atoms with Gasteiger partial charge in [0.1, 0.15) is 11.9 Å². The first-order valence-corrected chi connectivity index (χ1v) is 10.8. The number of rotatable bonds is 5. The number of likely N-dealkylation sites (tertiary alicyclic amines) is 1. The molecule has 2 saturated heterocycles. The summed E-state index contributed by atoms with van der Waals surface area (Å²) in [5.74, 6) is 1.44. The van der Waals surface area contributed by atoms with Crippen molar-refractivity contribution in [3.8, 4) is 0 Å². The number of hydrogen-bond acceptors (Lipinski definition) is 3. The lowest BCUT2D eigenvalue weighted by atomic mass is 10.1. The van der Waals surface area contributed by atoms with Crippen LogP contribution in [-0.4, -0.2) is 67.2 Å². The second-order valence-electron chi connectivity index (χ2n) is 8.47. The van der Waals surface area contributed by atoms with Crippen LogP contribution in [-0.2, 0) is 4.74 Å². The predicted octanol–water partition coefficient (Wildman–Crippen LogP) is 3.04. The van der Waals surface area contributed by atoms with Crippen molar-refractivity contribution < 1.29 is 9.13 Å². The molecule has 5 nitrogen and oxygen atoms in total. The lowest BCUT2D eigenvalue weighted by Gasteiger charge is -2.39. The Morgan fingerprint density at radius 2 is 1.96 bits per heavy atom. The summed E-state index contributed by atoms with van der Waals surface area (Å²) in [5.41, 5.74) is 1.02. The molecular formula is C22H33FN4O. The van der Waals surface area contributed by atoms with Gasteiger partial charge in [0, 0.05) is 32.2 Å².